The maximum Gasteiger partial charge on any atom is 0.106 e. The van der Waals surface area contributed by atoms with Crippen molar-refractivity contribution < 1.29 is 4.84 Å². The highest BCUT2D eigenvalue weighted by atomic mass is 35.5. The van der Waals surface area contributed by atoms with Crippen LogP contribution in [0.4, 0.5) is 0 Å². The maximum atomic E-state index is 5.88. The van der Waals surface area contributed by atoms with Gasteiger partial charge in [0.2, 0.25) is 0 Å². The van der Waals surface area contributed by atoms with Crippen LogP contribution in [0.2, 0.25) is 5.02 Å². The molecule has 92 valence electrons. The van der Waals surface area contributed by atoms with E-state index in [-0.39, 0.29) is 0 Å². The van der Waals surface area contributed by atoms with Gasteiger partial charge in [-0.3, -0.25) is 0 Å². The molecule has 0 unspecified atom stereocenters. The van der Waals surface area contributed by atoms with Crippen molar-refractivity contribution in [2.75, 3.05) is 7.11 Å². The Bertz CT molecular complexity index is 520. The Morgan fingerprint density at radius 1 is 1.06 bits per heavy atom. The number of rotatable bonds is 4. The van der Waals surface area contributed by atoms with Crippen molar-refractivity contribution >= 4 is 17.3 Å². The lowest BCUT2D eigenvalue weighted by Gasteiger charge is -2.06. The molecule has 0 saturated carbocycles. The molecule has 0 atom stereocenters. The first-order valence-corrected chi connectivity index (χ1v) is 6.07. The summed E-state index contributed by atoms with van der Waals surface area (Å²) in [7, 11) is 1.56. The summed E-state index contributed by atoms with van der Waals surface area (Å²) in [5.41, 5.74) is 3.11. The van der Waals surface area contributed by atoms with E-state index in [1.807, 2.05) is 42.5 Å². The minimum Gasteiger partial charge on any atom is -0.399 e. The van der Waals surface area contributed by atoms with Crippen LogP contribution in [0.1, 0.15) is 11.1 Å². The van der Waals surface area contributed by atoms with Crippen molar-refractivity contribution in [2.45, 2.75) is 6.42 Å². The molecule has 0 bridgehead atoms. The maximum absolute atomic E-state index is 5.88. The third kappa shape index (κ3) is 3.34. The van der Waals surface area contributed by atoms with E-state index in [0.29, 0.717) is 0 Å². The van der Waals surface area contributed by atoms with E-state index in [4.69, 9.17) is 16.4 Å². The molecule has 0 aliphatic carbocycles. The minimum atomic E-state index is 0.718. The van der Waals surface area contributed by atoms with Crippen LogP contribution in [-0.2, 0) is 11.3 Å². The summed E-state index contributed by atoms with van der Waals surface area (Å²) in [6.07, 6.45) is 0.732. The van der Waals surface area contributed by atoms with Gasteiger partial charge in [-0.05, 0) is 23.3 Å². The van der Waals surface area contributed by atoms with Crippen LogP contribution in [-0.4, -0.2) is 12.8 Å². The summed E-state index contributed by atoms with van der Waals surface area (Å²) >= 11 is 5.88. The fraction of sp³-hybridized carbons (Fsp3) is 0.133. The lowest BCUT2D eigenvalue weighted by Crippen LogP contribution is -2.05. The molecule has 0 N–H and O–H groups in total. The molecule has 2 aromatic carbocycles. The Labute approximate surface area is 112 Å². The SMILES string of the molecule is CO/N=C(\Cc1ccccc1)c1ccc(Cl)cc1. The smallest absolute Gasteiger partial charge is 0.106 e. The van der Waals surface area contributed by atoms with Crippen molar-refractivity contribution in [2.24, 2.45) is 5.16 Å². The Hall–Kier alpha value is -1.80. The van der Waals surface area contributed by atoms with Crippen molar-refractivity contribution in [3.8, 4) is 0 Å². The monoisotopic (exact) mass is 259 g/mol. The van der Waals surface area contributed by atoms with Gasteiger partial charge in [0.05, 0.1) is 5.71 Å². The van der Waals surface area contributed by atoms with Gasteiger partial charge in [-0.15, -0.1) is 0 Å². The summed E-state index contributed by atoms with van der Waals surface area (Å²) in [6, 6.07) is 17.8. The van der Waals surface area contributed by atoms with Gasteiger partial charge in [0, 0.05) is 11.4 Å². The first kappa shape index (κ1) is 12.7. The molecule has 2 aromatic rings. The molecule has 2 nitrogen and oxygen atoms in total. The molecule has 0 spiro atoms. The molecule has 0 heterocycles. The molecule has 0 fully saturated rings. The highest BCUT2D eigenvalue weighted by Gasteiger charge is 2.06. The summed E-state index contributed by atoms with van der Waals surface area (Å²) < 4.78 is 0. The predicted molar refractivity (Wildman–Crippen MR) is 75.1 cm³/mol. The van der Waals surface area contributed by atoms with Gasteiger partial charge < -0.3 is 4.84 Å². The van der Waals surface area contributed by atoms with Crippen LogP contribution < -0.4 is 0 Å². The molecular formula is C15H14ClNO. The van der Waals surface area contributed by atoms with Crippen molar-refractivity contribution in [3.05, 3.63) is 70.7 Å². The Morgan fingerprint density at radius 3 is 2.33 bits per heavy atom. The van der Waals surface area contributed by atoms with Crippen molar-refractivity contribution in [1.29, 1.82) is 0 Å². The van der Waals surface area contributed by atoms with Gasteiger partial charge in [-0.2, -0.15) is 0 Å². The van der Waals surface area contributed by atoms with E-state index in [9.17, 15) is 0 Å². The summed E-state index contributed by atoms with van der Waals surface area (Å²) in [5, 5.41) is 4.81. The van der Waals surface area contributed by atoms with Gasteiger partial charge in [-0.1, -0.05) is 59.2 Å². The zero-order valence-corrected chi connectivity index (χ0v) is 10.9. The van der Waals surface area contributed by atoms with Gasteiger partial charge in [0.1, 0.15) is 7.11 Å². The third-order valence-electron chi connectivity index (χ3n) is 2.59. The molecule has 0 saturated heterocycles. The van der Waals surface area contributed by atoms with E-state index in [2.05, 4.69) is 17.3 Å². The Morgan fingerprint density at radius 2 is 1.72 bits per heavy atom. The van der Waals surface area contributed by atoms with Gasteiger partial charge in [0.15, 0.2) is 0 Å². The second-order valence-corrected chi connectivity index (χ2v) is 4.33. The lowest BCUT2D eigenvalue weighted by atomic mass is 10.0. The minimum absolute atomic E-state index is 0.718. The zero-order chi connectivity index (χ0) is 12.8. The number of hydrogen-bond donors (Lipinski definition) is 0. The van der Waals surface area contributed by atoms with Crippen LogP contribution in [0.5, 0.6) is 0 Å². The van der Waals surface area contributed by atoms with Crippen LogP contribution in [0, 0.1) is 0 Å². The molecule has 0 amide bonds. The van der Waals surface area contributed by atoms with E-state index in [1.165, 1.54) is 5.56 Å². The number of benzene rings is 2. The standard InChI is InChI=1S/C15H14ClNO/c1-18-17-15(11-12-5-3-2-4-6-12)13-7-9-14(16)10-8-13/h2-10H,11H2,1H3/b17-15+. The fourth-order valence-corrected chi connectivity index (χ4v) is 1.85. The summed E-state index contributed by atoms with van der Waals surface area (Å²) in [4.78, 5) is 4.92. The van der Waals surface area contributed by atoms with Gasteiger partial charge >= 0.3 is 0 Å². The largest absolute Gasteiger partial charge is 0.399 e. The third-order valence-corrected chi connectivity index (χ3v) is 2.85. The number of nitrogens with zero attached hydrogens (tertiary/aromatic N) is 1. The molecule has 0 aliphatic heterocycles. The van der Waals surface area contributed by atoms with E-state index >= 15 is 0 Å². The molecule has 0 aliphatic rings. The summed E-state index contributed by atoms with van der Waals surface area (Å²) in [6.45, 7) is 0. The first-order valence-electron chi connectivity index (χ1n) is 5.69. The average molecular weight is 260 g/mol. The molecule has 0 radical (unpaired) electrons. The van der Waals surface area contributed by atoms with Crippen LogP contribution in [0.15, 0.2) is 59.8 Å². The molecule has 3 heteroatoms. The highest BCUT2D eigenvalue weighted by molar-refractivity contribution is 6.30. The fourth-order valence-electron chi connectivity index (χ4n) is 1.73. The second kappa shape index (κ2) is 6.22. The highest BCUT2D eigenvalue weighted by Crippen LogP contribution is 2.13. The summed E-state index contributed by atoms with van der Waals surface area (Å²) in [5.74, 6) is 0. The van der Waals surface area contributed by atoms with Crippen molar-refractivity contribution in [3.63, 3.8) is 0 Å². The quantitative estimate of drug-likeness (QED) is 0.602. The topological polar surface area (TPSA) is 21.6 Å². The molecule has 0 aromatic heterocycles. The van der Waals surface area contributed by atoms with E-state index in [1.54, 1.807) is 7.11 Å². The number of hydrogen-bond acceptors (Lipinski definition) is 2. The van der Waals surface area contributed by atoms with Crippen LogP contribution in [0.25, 0.3) is 0 Å². The van der Waals surface area contributed by atoms with Gasteiger partial charge in [0.25, 0.3) is 0 Å². The van der Waals surface area contributed by atoms with E-state index < -0.39 is 0 Å². The zero-order valence-electron chi connectivity index (χ0n) is 10.1. The second-order valence-electron chi connectivity index (χ2n) is 3.89. The van der Waals surface area contributed by atoms with Gasteiger partial charge in [-0.25, -0.2) is 0 Å². The first-order chi connectivity index (χ1) is 8.79. The van der Waals surface area contributed by atoms with Crippen LogP contribution >= 0.6 is 11.6 Å². The predicted octanol–water partition coefficient (Wildman–Crippen LogP) is 3.93. The molecule has 18 heavy (non-hydrogen) atoms. The number of halogens is 1. The number of oxime groups is 1. The Kier molecular flexibility index (Phi) is 4.37. The van der Waals surface area contributed by atoms with Crippen LogP contribution in [0.3, 0.4) is 0 Å². The Balaban J connectivity index is 2.24. The van der Waals surface area contributed by atoms with E-state index in [0.717, 1.165) is 22.7 Å². The molecule has 2 rings (SSSR count). The average Bonchev–Trinajstić information content (AvgIpc) is 2.40. The normalized spacial score (nSPS) is 11.3. The van der Waals surface area contributed by atoms with Crippen molar-refractivity contribution in [1.82, 2.24) is 0 Å². The molecular weight excluding hydrogens is 246 g/mol. The lowest BCUT2D eigenvalue weighted by molar-refractivity contribution is 0.213.